The molecule has 78 valence electrons. The van der Waals surface area contributed by atoms with Crippen molar-refractivity contribution in [2.75, 3.05) is 0 Å². The second-order valence-corrected chi connectivity index (χ2v) is 4.17. The quantitative estimate of drug-likeness (QED) is 0.771. The Balaban J connectivity index is 2.87. The Kier molecular flexibility index (Phi) is 2.48. The number of imidazole rings is 1. The highest BCUT2D eigenvalue weighted by molar-refractivity contribution is 9.10. The minimum Gasteiger partial charge on any atom is -0.301 e. The number of carbonyl (C=O) groups excluding carboxylic acids is 1. The number of aryl methyl sites for hydroxylation is 1. The lowest BCUT2D eigenvalue weighted by Crippen LogP contribution is -2.22. The zero-order valence-electron chi connectivity index (χ0n) is 8.11. The second-order valence-electron chi connectivity index (χ2n) is 3.25. The Bertz CT molecular complexity index is 583. The molecule has 0 bridgehead atoms. The molecule has 2 aromatic rings. The molecule has 0 spiro atoms. The summed E-state index contributed by atoms with van der Waals surface area (Å²) in [6, 6.07) is 5.53. The molecule has 1 aromatic heterocycles. The second kappa shape index (κ2) is 3.66. The van der Waals surface area contributed by atoms with Crippen LogP contribution >= 0.6 is 15.9 Å². The maximum atomic E-state index is 11.7. The van der Waals surface area contributed by atoms with Gasteiger partial charge in [-0.25, -0.2) is 4.79 Å². The Morgan fingerprint density at radius 3 is 2.80 bits per heavy atom. The van der Waals surface area contributed by atoms with Crippen molar-refractivity contribution < 1.29 is 4.79 Å². The van der Waals surface area contributed by atoms with E-state index >= 15 is 0 Å². The summed E-state index contributed by atoms with van der Waals surface area (Å²) >= 11 is 3.35. The number of rotatable bonds is 2. The maximum Gasteiger partial charge on any atom is 0.329 e. The topological polar surface area (TPSA) is 44.0 Å². The highest BCUT2D eigenvalue weighted by Gasteiger charge is 2.09. The van der Waals surface area contributed by atoms with Crippen molar-refractivity contribution >= 4 is 33.2 Å². The third-order valence-corrected chi connectivity index (χ3v) is 2.86. The Morgan fingerprint density at radius 2 is 2.13 bits per heavy atom. The highest BCUT2D eigenvalue weighted by Crippen LogP contribution is 2.18. The first-order valence-corrected chi connectivity index (χ1v) is 5.23. The predicted octanol–water partition coefficient (Wildman–Crippen LogP) is 1.30. The standard InChI is InChI=1S/C10H9BrN2O2/c1-12-9-6-7(11)2-3-8(9)13(4-5-14)10(12)15/h2-3,5-6H,4H2,1H3. The fourth-order valence-corrected chi connectivity index (χ4v) is 1.98. The third kappa shape index (κ3) is 1.52. The van der Waals surface area contributed by atoms with Crippen molar-refractivity contribution in [3.8, 4) is 0 Å². The molecule has 0 N–H and O–H groups in total. The van der Waals surface area contributed by atoms with Crippen LogP contribution in [0.3, 0.4) is 0 Å². The maximum absolute atomic E-state index is 11.7. The lowest BCUT2D eigenvalue weighted by atomic mass is 10.3. The summed E-state index contributed by atoms with van der Waals surface area (Å²) in [7, 11) is 1.69. The number of hydrogen-bond acceptors (Lipinski definition) is 2. The molecule has 2 rings (SSSR count). The largest absolute Gasteiger partial charge is 0.329 e. The van der Waals surface area contributed by atoms with Gasteiger partial charge in [0, 0.05) is 11.5 Å². The van der Waals surface area contributed by atoms with Crippen LogP contribution in [0.15, 0.2) is 27.5 Å². The van der Waals surface area contributed by atoms with Crippen LogP contribution in [-0.2, 0) is 18.4 Å². The van der Waals surface area contributed by atoms with Gasteiger partial charge in [-0.1, -0.05) is 15.9 Å². The summed E-state index contributed by atoms with van der Waals surface area (Å²) in [6.45, 7) is 0.0950. The van der Waals surface area contributed by atoms with Crippen LogP contribution in [-0.4, -0.2) is 15.4 Å². The average Bonchev–Trinajstić information content (AvgIpc) is 2.44. The van der Waals surface area contributed by atoms with Crippen LogP contribution in [0.2, 0.25) is 0 Å². The molecule has 0 aliphatic rings. The van der Waals surface area contributed by atoms with E-state index in [-0.39, 0.29) is 12.2 Å². The molecule has 0 aliphatic heterocycles. The summed E-state index contributed by atoms with van der Waals surface area (Å²) in [5, 5.41) is 0. The van der Waals surface area contributed by atoms with Crippen molar-refractivity contribution in [1.82, 2.24) is 9.13 Å². The number of benzene rings is 1. The van der Waals surface area contributed by atoms with Crippen LogP contribution in [0, 0.1) is 0 Å². The first kappa shape index (κ1) is 10.2. The number of nitrogens with zero attached hydrogens (tertiary/aromatic N) is 2. The summed E-state index contributed by atoms with van der Waals surface area (Å²) in [5.74, 6) is 0. The normalized spacial score (nSPS) is 10.8. The smallest absolute Gasteiger partial charge is 0.301 e. The van der Waals surface area contributed by atoms with Crippen molar-refractivity contribution in [2.45, 2.75) is 6.54 Å². The van der Waals surface area contributed by atoms with Gasteiger partial charge in [-0.3, -0.25) is 9.13 Å². The van der Waals surface area contributed by atoms with E-state index in [0.717, 1.165) is 21.8 Å². The third-order valence-electron chi connectivity index (χ3n) is 2.36. The molecule has 0 amide bonds. The molecule has 0 saturated carbocycles. The van der Waals surface area contributed by atoms with Crippen molar-refractivity contribution in [3.63, 3.8) is 0 Å². The summed E-state index contributed by atoms with van der Waals surface area (Å²) in [6.07, 6.45) is 0.725. The molecular formula is C10H9BrN2O2. The average molecular weight is 269 g/mol. The molecule has 4 nitrogen and oxygen atoms in total. The van der Waals surface area contributed by atoms with E-state index in [1.54, 1.807) is 7.05 Å². The summed E-state index contributed by atoms with van der Waals surface area (Å²) in [4.78, 5) is 22.2. The first-order chi connectivity index (χ1) is 7.15. The Labute approximate surface area is 94.2 Å². The van der Waals surface area contributed by atoms with E-state index in [2.05, 4.69) is 15.9 Å². The van der Waals surface area contributed by atoms with Crippen molar-refractivity contribution in [1.29, 1.82) is 0 Å². The van der Waals surface area contributed by atoms with Gasteiger partial charge in [-0.2, -0.15) is 0 Å². The van der Waals surface area contributed by atoms with Gasteiger partial charge in [0.25, 0.3) is 0 Å². The van der Waals surface area contributed by atoms with E-state index in [0.29, 0.717) is 0 Å². The molecule has 15 heavy (non-hydrogen) atoms. The zero-order valence-corrected chi connectivity index (χ0v) is 9.69. The van der Waals surface area contributed by atoms with Crippen LogP contribution in [0.5, 0.6) is 0 Å². The molecule has 1 aromatic carbocycles. The molecule has 0 unspecified atom stereocenters. The Morgan fingerprint density at radius 1 is 1.40 bits per heavy atom. The minimum atomic E-state index is -0.171. The number of carbonyl (C=O) groups is 1. The number of aldehydes is 1. The van der Waals surface area contributed by atoms with E-state index in [1.807, 2.05) is 18.2 Å². The lowest BCUT2D eigenvalue weighted by molar-refractivity contribution is -0.108. The van der Waals surface area contributed by atoms with Crippen molar-refractivity contribution in [2.24, 2.45) is 7.05 Å². The highest BCUT2D eigenvalue weighted by atomic mass is 79.9. The van der Waals surface area contributed by atoms with Crippen LogP contribution in [0.1, 0.15) is 0 Å². The molecule has 0 fully saturated rings. The van der Waals surface area contributed by atoms with Gasteiger partial charge in [0.15, 0.2) is 0 Å². The summed E-state index contributed by atoms with van der Waals surface area (Å²) in [5.41, 5.74) is 1.42. The molecule has 0 aliphatic carbocycles. The summed E-state index contributed by atoms with van der Waals surface area (Å²) < 4.78 is 3.90. The van der Waals surface area contributed by atoms with Gasteiger partial charge < -0.3 is 4.79 Å². The van der Waals surface area contributed by atoms with Gasteiger partial charge in [-0.05, 0) is 18.2 Å². The molecular weight excluding hydrogens is 260 g/mol. The van der Waals surface area contributed by atoms with E-state index in [1.165, 1.54) is 9.13 Å². The SMILES string of the molecule is Cn1c(=O)n(CC=O)c2ccc(Br)cc21. The fraction of sp³-hybridized carbons (Fsp3) is 0.200. The molecule has 0 saturated heterocycles. The molecule has 1 heterocycles. The fourth-order valence-electron chi connectivity index (χ4n) is 1.63. The van der Waals surface area contributed by atoms with Gasteiger partial charge in [-0.15, -0.1) is 0 Å². The first-order valence-electron chi connectivity index (χ1n) is 4.43. The van der Waals surface area contributed by atoms with Crippen molar-refractivity contribution in [3.05, 3.63) is 33.2 Å². The van der Waals surface area contributed by atoms with Gasteiger partial charge in [0.05, 0.1) is 17.6 Å². The van der Waals surface area contributed by atoms with Gasteiger partial charge >= 0.3 is 5.69 Å². The molecule has 0 radical (unpaired) electrons. The van der Waals surface area contributed by atoms with E-state index < -0.39 is 0 Å². The van der Waals surface area contributed by atoms with E-state index in [9.17, 15) is 9.59 Å². The number of hydrogen-bond donors (Lipinski definition) is 0. The molecule has 5 heteroatoms. The van der Waals surface area contributed by atoms with E-state index in [4.69, 9.17) is 0 Å². The Hall–Kier alpha value is -1.36. The number of aromatic nitrogens is 2. The zero-order chi connectivity index (χ0) is 11.0. The number of fused-ring (bicyclic) bond motifs is 1. The lowest BCUT2D eigenvalue weighted by Gasteiger charge is -1.96. The van der Waals surface area contributed by atoms with Crippen LogP contribution in [0.4, 0.5) is 0 Å². The van der Waals surface area contributed by atoms with Crippen LogP contribution in [0.25, 0.3) is 11.0 Å². The van der Waals surface area contributed by atoms with Gasteiger partial charge in [0.2, 0.25) is 0 Å². The molecule has 0 atom stereocenters. The monoisotopic (exact) mass is 268 g/mol. The minimum absolute atomic E-state index is 0.0950. The number of halogens is 1. The van der Waals surface area contributed by atoms with Crippen LogP contribution < -0.4 is 5.69 Å². The predicted molar refractivity (Wildman–Crippen MR) is 60.9 cm³/mol. The van der Waals surface area contributed by atoms with Gasteiger partial charge in [0.1, 0.15) is 6.29 Å².